The van der Waals surface area contributed by atoms with E-state index >= 15 is 0 Å². The lowest BCUT2D eigenvalue weighted by Crippen LogP contribution is -2.27. The van der Waals surface area contributed by atoms with Gasteiger partial charge >= 0.3 is 0 Å². The number of amides is 2. The number of thioether (sulfide) groups is 1. The summed E-state index contributed by atoms with van der Waals surface area (Å²) in [5, 5.41) is -0.246. The molecule has 0 radical (unpaired) electrons. The first-order valence-electron chi connectivity index (χ1n) is 10.00. The van der Waals surface area contributed by atoms with Gasteiger partial charge in [-0.3, -0.25) is 14.5 Å². The second-order valence-corrected chi connectivity index (χ2v) is 8.68. The first-order valence-corrected chi connectivity index (χ1v) is 11.6. The third-order valence-electron chi connectivity index (χ3n) is 4.60. The van der Waals surface area contributed by atoms with Crippen LogP contribution in [0.3, 0.4) is 0 Å². The van der Waals surface area contributed by atoms with Crippen molar-refractivity contribution in [1.29, 1.82) is 0 Å². The van der Waals surface area contributed by atoms with Crippen LogP contribution in [-0.4, -0.2) is 29.2 Å². The quantitative estimate of drug-likeness (QED) is 0.301. The summed E-state index contributed by atoms with van der Waals surface area (Å²) in [5.74, 6) is 0.986. The number of imide groups is 1. The van der Waals surface area contributed by atoms with E-state index in [0.717, 1.165) is 32.9 Å². The summed E-state index contributed by atoms with van der Waals surface area (Å²) < 4.78 is 13.0. The number of hydrogen-bond acceptors (Lipinski definition) is 5. The number of nitrogens with zero attached hydrogens (tertiary/aromatic N) is 1. The molecular formula is C24H24BrNO4S. The van der Waals surface area contributed by atoms with Crippen molar-refractivity contribution in [1.82, 2.24) is 4.90 Å². The van der Waals surface area contributed by atoms with Gasteiger partial charge in [0.05, 0.1) is 11.5 Å². The fourth-order valence-corrected chi connectivity index (χ4v) is 4.33. The second kappa shape index (κ2) is 10.7. The fourth-order valence-electron chi connectivity index (χ4n) is 3.16. The molecule has 5 nitrogen and oxygen atoms in total. The van der Waals surface area contributed by atoms with Crippen molar-refractivity contribution in [2.45, 2.75) is 26.9 Å². The molecule has 2 aromatic rings. The normalized spacial score (nSPS) is 14.9. The molecule has 31 heavy (non-hydrogen) atoms. The first-order chi connectivity index (χ1) is 15.0. The lowest BCUT2D eigenvalue weighted by atomic mass is 10.0. The van der Waals surface area contributed by atoms with Crippen LogP contribution in [0.1, 0.15) is 30.5 Å². The number of rotatable bonds is 9. The van der Waals surface area contributed by atoms with E-state index in [0.29, 0.717) is 42.6 Å². The minimum atomic E-state index is -0.267. The molecule has 2 aromatic carbocycles. The minimum Gasteiger partial charge on any atom is -0.490 e. The maximum atomic E-state index is 12.5. The van der Waals surface area contributed by atoms with Gasteiger partial charge in [0.15, 0.2) is 11.5 Å². The van der Waals surface area contributed by atoms with E-state index in [2.05, 4.69) is 22.5 Å². The molecule has 1 heterocycles. The van der Waals surface area contributed by atoms with E-state index in [1.54, 1.807) is 19.1 Å². The molecule has 1 aliphatic heterocycles. The number of carbonyl (C=O) groups is 2. The van der Waals surface area contributed by atoms with E-state index < -0.39 is 0 Å². The SMILES string of the molecule is C=CCc1cc(/C=C2/SC(=O)N(CC)C2=O)cc(OCC)c1OCc1ccc(Br)cc1. The highest BCUT2D eigenvalue weighted by Crippen LogP contribution is 2.37. The topological polar surface area (TPSA) is 55.8 Å². The average Bonchev–Trinajstić information content (AvgIpc) is 3.01. The summed E-state index contributed by atoms with van der Waals surface area (Å²) in [6.45, 7) is 8.76. The van der Waals surface area contributed by atoms with Gasteiger partial charge in [-0.1, -0.05) is 34.1 Å². The monoisotopic (exact) mass is 501 g/mol. The molecule has 1 saturated heterocycles. The molecule has 0 aromatic heterocycles. The number of carbonyl (C=O) groups excluding carboxylic acids is 2. The van der Waals surface area contributed by atoms with E-state index in [9.17, 15) is 9.59 Å². The van der Waals surface area contributed by atoms with Crippen LogP contribution in [0.4, 0.5) is 4.79 Å². The van der Waals surface area contributed by atoms with Gasteiger partial charge in [-0.25, -0.2) is 0 Å². The van der Waals surface area contributed by atoms with Crippen molar-refractivity contribution in [2.24, 2.45) is 0 Å². The van der Waals surface area contributed by atoms with Crippen LogP contribution >= 0.6 is 27.7 Å². The molecule has 1 aliphatic rings. The zero-order valence-corrected chi connectivity index (χ0v) is 19.9. The van der Waals surface area contributed by atoms with Gasteiger partial charge in [-0.2, -0.15) is 0 Å². The van der Waals surface area contributed by atoms with Crippen LogP contribution in [0.25, 0.3) is 6.08 Å². The highest BCUT2D eigenvalue weighted by Gasteiger charge is 2.33. The Morgan fingerprint density at radius 3 is 2.48 bits per heavy atom. The predicted molar refractivity (Wildman–Crippen MR) is 128 cm³/mol. The van der Waals surface area contributed by atoms with Crippen molar-refractivity contribution in [3.8, 4) is 11.5 Å². The largest absolute Gasteiger partial charge is 0.490 e. The van der Waals surface area contributed by atoms with Gasteiger partial charge in [0.1, 0.15) is 6.61 Å². The molecule has 0 bridgehead atoms. The Morgan fingerprint density at radius 1 is 1.13 bits per heavy atom. The Bertz CT molecular complexity index is 1020. The van der Waals surface area contributed by atoms with E-state index in [-0.39, 0.29) is 11.1 Å². The number of hydrogen-bond donors (Lipinski definition) is 0. The van der Waals surface area contributed by atoms with Gasteiger partial charge in [-0.15, -0.1) is 6.58 Å². The predicted octanol–water partition coefficient (Wildman–Crippen LogP) is 6.21. The smallest absolute Gasteiger partial charge is 0.293 e. The molecule has 0 atom stereocenters. The van der Waals surface area contributed by atoms with Crippen LogP contribution < -0.4 is 9.47 Å². The average molecular weight is 502 g/mol. The third kappa shape index (κ3) is 5.60. The van der Waals surface area contributed by atoms with Gasteiger partial charge in [-0.05, 0) is 73.5 Å². The van der Waals surface area contributed by atoms with Crippen molar-refractivity contribution < 1.29 is 19.1 Å². The molecule has 1 fully saturated rings. The van der Waals surface area contributed by atoms with Gasteiger partial charge in [0.2, 0.25) is 0 Å². The Morgan fingerprint density at radius 2 is 1.87 bits per heavy atom. The van der Waals surface area contributed by atoms with Crippen LogP contribution in [0, 0.1) is 0 Å². The lowest BCUT2D eigenvalue weighted by Gasteiger charge is -2.17. The van der Waals surface area contributed by atoms with Crippen molar-refractivity contribution in [3.63, 3.8) is 0 Å². The van der Waals surface area contributed by atoms with Crippen LogP contribution in [0.5, 0.6) is 11.5 Å². The Labute approximate surface area is 195 Å². The maximum absolute atomic E-state index is 12.5. The molecule has 0 aliphatic carbocycles. The molecule has 0 unspecified atom stereocenters. The molecular weight excluding hydrogens is 478 g/mol. The summed E-state index contributed by atoms with van der Waals surface area (Å²) in [7, 11) is 0. The standard InChI is InChI=1S/C24H24BrNO4S/c1-4-7-18-12-17(14-21-23(27)26(5-2)24(28)31-21)13-20(29-6-3)22(18)30-15-16-8-10-19(25)11-9-16/h4,8-14H,1,5-7,15H2,2-3H3/b21-14+. The number of ether oxygens (including phenoxy) is 2. The Kier molecular flexibility index (Phi) is 7.98. The van der Waals surface area contributed by atoms with E-state index in [1.807, 2.05) is 43.3 Å². The maximum Gasteiger partial charge on any atom is 0.293 e. The van der Waals surface area contributed by atoms with Crippen molar-refractivity contribution >= 4 is 44.9 Å². The van der Waals surface area contributed by atoms with Crippen LogP contribution in [0.15, 0.2) is 58.4 Å². The second-order valence-electron chi connectivity index (χ2n) is 6.77. The van der Waals surface area contributed by atoms with Gasteiger partial charge in [0.25, 0.3) is 11.1 Å². The zero-order valence-electron chi connectivity index (χ0n) is 17.5. The zero-order chi connectivity index (χ0) is 22.4. The summed E-state index contributed by atoms with van der Waals surface area (Å²) in [6, 6.07) is 11.7. The molecule has 0 spiro atoms. The summed E-state index contributed by atoms with van der Waals surface area (Å²) in [5.41, 5.74) is 2.71. The Balaban J connectivity index is 1.95. The lowest BCUT2D eigenvalue weighted by molar-refractivity contribution is -0.122. The number of allylic oxidation sites excluding steroid dienone is 1. The number of likely N-dealkylation sites (N-methyl/N-ethyl adjacent to an activating group) is 1. The van der Waals surface area contributed by atoms with E-state index in [4.69, 9.17) is 9.47 Å². The van der Waals surface area contributed by atoms with Crippen molar-refractivity contribution in [3.05, 3.63) is 75.1 Å². The molecule has 7 heteroatoms. The summed E-state index contributed by atoms with van der Waals surface area (Å²) >= 11 is 4.39. The highest BCUT2D eigenvalue weighted by molar-refractivity contribution is 9.10. The highest BCUT2D eigenvalue weighted by atomic mass is 79.9. The third-order valence-corrected chi connectivity index (χ3v) is 6.04. The molecule has 3 rings (SSSR count). The summed E-state index contributed by atoms with van der Waals surface area (Å²) in [6.07, 6.45) is 4.11. The summed E-state index contributed by atoms with van der Waals surface area (Å²) in [4.78, 5) is 26.1. The molecule has 0 N–H and O–H groups in total. The molecule has 162 valence electrons. The number of benzene rings is 2. The first kappa shape index (κ1) is 23.2. The van der Waals surface area contributed by atoms with Gasteiger partial charge < -0.3 is 9.47 Å². The number of halogens is 1. The van der Waals surface area contributed by atoms with Crippen LogP contribution in [-0.2, 0) is 17.8 Å². The van der Waals surface area contributed by atoms with Crippen LogP contribution in [0.2, 0.25) is 0 Å². The Hall–Kier alpha value is -2.51. The van der Waals surface area contributed by atoms with Crippen molar-refractivity contribution in [2.75, 3.05) is 13.2 Å². The fraction of sp³-hybridized carbons (Fsp3) is 0.250. The van der Waals surface area contributed by atoms with Gasteiger partial charge in [0, 0.05) is 16.6 Å². The molecule has 0 saturated carbocycles. The van der Waals surface area contributed by atoms with E-state index in [1.165, 1.54) is 4.90 Å². The molecule has 2 amide bonds. The minimum absolute atomic E-state index is 0.246.